The van der Waals surface area contributed by atoms with Crippen LogP contribution in [0.3, 0.4) is 0 Å². The molecular weight excluding hydrogens is 757 g/mol. The maximum Gasteiger partial charge on any atom is 0.255 e. The number of anilines is 3. The summed E-state index contributed by atoms with van der Waals surface area (Å²) in [6.45, 7) is 15.7. The van der Waals surface area contributed by atoms with Crippen LogP contribution < -0.4 is 30.7 Å². The van der Waals surface area contributed by atoms with Crippen molar-refractivity contribution in [3.8, 4) is 5.75 Å². The van der Waals surface area contributed by atoms with E-state index in [1.165, 1.54) is 44.5 Å². The van der Waals surface area contributed by atoms with Crippen LogP contribution in [0.4, 0.5) is 17.2 Å². The first kappa shape index (κ1) is 39.4. The first-order chi connectivity index (χ1) is 29.2. The molecule has 60 heavy (non-hydrogen) atoms. The topological polar surface area (TPSA) is 139 Å². The Kier molecular flexibility index (Phi) is 10.7. The molecule has 10 rings (SSSR count). The van der Waals surface area contributed by atoms with E-state index in [0.717, 1.165) is 117 Å². The lowest BCUT2D eigenvalue weighted by Gasteiger charge is -2.41. The average molecular weight is 817 g/mol. The van der Waals surface area contributed by atoms with Crippen LogP contribution in [0.1, 0.15) is 104 Å². The third-order valence-electron chi connectivity index (χ3n) is 14.5. The Bertz CT molecular complexity index is 2120. The Morgan fingerprint density at radius 2 is 1.52 bits per heavy atom. The average Bonchev–Trinajstić information content (AvgIpc) is 3.68. The van der Waals surface area contributed by atoms with Gasteiger partial charge in [0, 0.05) is 101 Å². The summed E-state index contributed by atoms with van der Waals surface area (Å²) in [6, 6.07) is 12.2. The van der Waals surface area contributed by atoms with Gasteiger partial charge in [-0.3, -0.25) is 19.7 Å². The van der Waals surface area contributed by atoms with Crippen LogP contribution in [0.2, 0.25) is 0 Å². The number of nitrogens with zero attached hydrogens (tertiary/aromatic N) is 7. The molecule has 14 heteroatoms. The van der Waals surface area contributed by atoms with E-state index in [0.29, 0.717) is 24.8 Å². The first-order valence-corrected chi connectivity index (χ1v) is 22.6. The van der Waals surface area contributed by atoms with E-state index in [9.17, 15) is 14.4 Å². The van der Waals surface area contributed by atoms with Gasteiger partial charge in [0.1, 0.15) is 29.5 Å². The van der Waals surface area contributed by atoms with Gasteiger partial charge in [0.2, 0.25) is 11.8 Å². The summed E-state index contributed by atoms with van der Waals surface area (Å²) in [5, 5.41) is 2.42. The number of benzene rings is 2. The molecule has 7 heterocycles. The Balaban J connectivity index is 0.665. The number of fused-ring (bicyclic) bond motifs is 2. The highest BCUT2D eigenvalue weighted by Crippen LogP contribution is 2.42. The largest absolute Gasteiger partial charge is 0.488 e. The van der Waals surface area contributed by atoms with Gasteiger partial charge in [-0.25, -0.2) is 15.4 Å². The van der Waals surface area contributed by atoms with Crippen molar-refractivity contribution >= 4 is 34.9 Å². The number of hydrazine groups is 1. The smallest absolute Gasteiger partial charge is 0.255 e. The number of aryl methyl sites for hydroxylation is 1. The van der Waals surface area contributed by atoms with E-state index in [4.69, 9.17) is 14.7 Å². The van der Waals surface area contributed by atoms with Crippen molar-refractivity contribution in [2.24, 2.45) is 11.8 Å². The number of nitrogens with one attached hydrogen (secondary N) is 3. The molecule has 2 atom stereocenters. The predicted octanol–water partition coefficient (Wildman–Crippen LogP) is 4.50. The lowest BCUT2D eigenvalue weighted by Crippen LogP contribution is -2.52. The van der Waals surface area contributed by atoms with Gasteiger partial charge in [0.15, 0.2) is 0 Å². The summed E-state index contributed by atoms with van der Waals surface area (Å²) in [5.41, 5.74) is 14.0. The van der Waals surface area contributed by atoms with E-state index < -0.39 is 6.04 Å². The van der Waals surface area contributed by atoms with Crippen molar-refractivity contribution in [2.75, 3.05) is 80.7 Å². The molecule has 3 aromatic rings. The number of piperidine rings is 3. The molecule has 3 N–H and O–H groups in total. The Hall–Kier alpha value is -4.79. The summed E-state index contributed by atoms with van der Waals surface area (Å²) in [4.78, 5) is 59.3. The quantitative estimate of drug-likeness (QED) is 0.235. The Labute approximate surface area is 353 Å². The Morgan fingerprint density at radius 3 is 2.18 bits per heavy atom. The zero-order chi connectivity index (χ0) is 41.0. The fourth-order valence-corrected chi connectivity index (χ4v) is 10.5. The molecule has 1 aliphatic carbocycles. The molecular formula is C46H60N10O4. The van der Waals surface area contributed by atoms with E-state index in [2.05, 4.69) is 86.0 Å². The number of carbonyl (C=O) groups excluding carboxylic acids is 3. The molecule has 3 amide bonds. The van der Waals surface area contributed by atoms with Gasteiger partial charge in [-0.1, -0.05) is 6.92 Å². The SMILES string of the molecule is CCc1cc(N2CCC(CN3CCN(CC4CCN(c5cc(C6NNc7ccc(OC8(C)CC8)cc76)ncn5)CC4)CC3)CC2)cc2c1C(=O)N(C1CCC(=O)NC1=O)C2. The second kappa shape index (κ2) is 16.2. The third-order valence-corrected chi connectivity index (χ3v) is 14.5. The van der Waals surface area contributed by atoms with Crippen LogP contribution in [-0.4, -0.2) is 119 Å². The fraction of sp³-hybridized carbons (Fsp3) is 0.587. The second-order valence-corrected chi connectivity index (χ2v) is 18.7. The molecule has 1 aromatic heterocycles. The van der Waals surface area contributed by atoms with Crippen LogP contribution >= 0.6 is 0 Å². The summed E-state index contributed by atoms with van der Waals surface area (Å²) in [6.07, 6.45) is 10.1. The summed E-state index contributed by atoms with van der Waals surface area (Å²) < 4.78 is 6.27. The van der Waals surface area contributed by atoms with E-state index in [1.807, 2.05) is 0 Å². The van der Waals surface area contributed by atoms with Crippen molar-refractivity contribution in [3.05, 3.63) is 70.7 Å². The number of piperazine rings is 1. The summed E-state index contributed by atoms with van der Waals surface area (Å²) in [5.74, 6) is 2.65. The molecule has 6 aliphatic heterocycles. The molecule has 318 valence electrons. The standard InChI is InChI=1S/C46H60N10O4/c1-3-32-22-34(23-33-28-56(45(59)42(32)33)39-6-7-41(57)49-44(39)58)54-14-8-30(9-15-54)26-52-18-20-53(21-19-52)27-31-10-16-55(17-11-31)40-25-38(47-29-48-40)43-36-24-35(60-46(2)12-13-46)4-5-37(36)50-51-43/h4-5,22-25,29-31,39,43,50-51H,3,6-21,26-28H2,1-2H3,(H,49,57,58). The molecule has 0 bridgehead atoms. The molecule has 14 nitrogen and oxygen atoms in total. The van der Waals surface area contributed by atoms with Crippen LogP contribution in [0, 0.1) is 11.8 Å². The number of hydrogen-bond acceptors (Lipinski definition) is 12. The highest BCUT2D eigenvalue weighted by atomic mass is 16.5. The Morgan fingerprint density at radius 1 is 0.817 bits per heavy atom. The minimum absolute atomic E-state index is 0.0157. The van der Waals surface area contributed by atoms with Gasteiger partial charge in [-0.15, -0.1) is 0 Å². The van der Waals surface area contributed by atoms with E-state index in [1.54, 1.807) is 11.2 Å². The maximum absolute atomic E-state index is 13.5. The zero-order valence-electron chi connectivity index (χ0n) is 35.3. The van der Waals surface area contributed by atoms with Gasteiger partial charge >= 0.3 is 0 Å². The second-order valence-electron chi connectivity index (χ2n) is 18.7. The number of rotatable bonds is 11. The third kappa shape index (κ3) is 8.05. The zero-order valence-corrected chi connectivity index (χ0v) is 35.3. The van der Waals surface area contributed by atoms with Crippen LogP contribution in [0.5, 0.6) is 5.75 Å². The molecule has 0 radical (unpaired) electrons. The predicted molar refractivity (Wildman–Crippen MR) is 230 cm³/mol. The summed E-state index contributed by atoms with van der Waals surface area (Å²) >= 11 is 0. The lowest BCUT2D eigenvalue weighted by molar-refractivity contribution is -0.136. The van der Waals surface area contributed by atoms with Crippen molar-refractivity contribution in [2.45, 2.75) is 95.9 Å². The summed E-state index contributed by atoms with van der Waals surface area (Å²) in [7, 11) is 0. The van der Waals surface area contributed by atoms with Crippen LogP contribution in [0.25, 0.3) is 0 Å². The number of ether oxygens (including phenoxy) is 1. The molecule has 0 spiro atoms. The van der Waals surface area contributed by atoms with Crippen molar-refractivity contribution in [1.82, 2.24) is 35.4 Å². The molecule has 7 aliphatic rings. The molecule has 2 aromatic carbocycles. The van der Waals surface area contributed by atoms with Gasteiger partial charge < -0.3 is 34.7 Å². The van der Waals surface area contributed by atoms with Gasteiger partial charge in [0.05, 0.1) is 17.4 Å². The van der Waals surface area contributed by atoms with E-state index in [-0.39, 0.29) is 35.8 Å². The fourth-order valence-electron chi connectivity index (χ4n) is 10.5. The normalized spacial score (nSPS) is 25.0. The minimum Gasteiger partial charge on any atom is -0.488 e. The number of hydrogen-bond donors (Lipinski definition) is 3. The van der Waals surface area contributed by atoms with Gasteiger partial charge in [-0.05, 0) is 112 Å². The van der Waals surface area contributed by atoms with Crippen molar-refractivity contribution < 1.29 is 19.1 Å². The van der Waals surface area contributed by atoms with E-state index >= 15 is 0 Å². The van der Waals surface area contributed by atoms with Gasteiger partial charge in [-0.2, -0.15) is 0 Å². The highest BCUT2D eigenvalue weighted by Gasteiger charge is 2.42. The monoisotopic (exact) mass is 816 g/mol. The minimum atomic E-state index is -0.583. The number of imide groups is 1. The first-order valence-electron chi connectivity index (χ1n) is 22.6. The van der Waals surface area contributed by atoms with Crippen LogP contribution in [-0.2, 0) is 22.6 Å². The number of amides is 3. The van der Waals surface area contributed by atoms with Crippen molar-refractivity contribution in [3.63, 3.8) is 0 Å². The highest BCUT2D eigenvalue weighted by molar-refractivity contribution is 6.06. The number of carbonyl (C=O) groups is 3. The number of aromatic nitrogens is 2. The molecule has 4 saturated heterocycles. The maximum atomic E-state index is 13.5. The van der Waals surface area contributed by atoms with Gasteiger partial charge in [0.25, 0.3) is 5.91 Å². The molecule has 1 saturated carbocycles. The van der Waals surface area contributed by atoms with Crippen LogP contribution in [0.15, 0.2) is 42.7 Å². The lowest BCUT2D eigenvalue weighted by atomic mass is 9.94. The molecule has 2 unspecified atom stereocenters. The van der Waals surface area contributed by atoms with Crippen molar-refractivity contribution in [1.29, 1.82) is 0 Å². The molecule has 5 fully saturated rings.